The van der Waals surface area contributed by atoms with E-state index in [9.17, 15) is 14.4 Å². The molecule has 1 aliphatic rings. The highest BCUT2D eigenvalue weighted by atomic mass is 16.4. The number of nitrogens with one attached hydrogen (secondary N) is 1. The van der Waals surface area contributed by atoms with Crippen molar-refractivity contribution >= 4 is 23.3 Å². The second-order valence-electron chi connectivity index (χ2n) is 6.26. The third-order valence-electron chi connectivity index (χ3n) is 4.36. The molecular formula is C18H20N4O4. The maximum absolute atomic E-state index is 12.6. The molecule has 26 heavy (non-hydrogen) atoms. The minimum absolute atomic E-state index is 0.140. The number of pyridine rings is 2. The van der Waals surface area contributed by atoms with Gasteiger partial charge in [-0.05, 0) is 31.0 Å². The van der Waals surface area contributed by atoms with Crippen molar-refractivity contribution in [1.82, 2.24) is 9.55 Å². The van der Waals surface area contributed by atoms with Crippen molar-refractivity contribution in [2.75, 3.05) is 23.3 Å². The SMILES string of the molecule is O=C(O)Cn1cc(NC(=O)[C@@H]2CCCN(c3cccnc3)C2)ccc1=O. The Morgan fingerprint density at radius 2 is 2.15 bits per heavy atom. The van der Waals surface area contributed by atoms with E-state index >= 15 is 0 Å². The highest BCUT2D eigenvalue weighted by Gasteiger charge is 2.26. The molecule has 1 fully saturated rings. The lowest BCUT2D eigenvalue weighted by molar-refractivity contribution is -0.137. The summed E-state index contributed by atoms with van der Waals surface area (Å²) in [7, 11) is 0. The van der Waals surface area contributed by atoms with Gasteiger partial charge in [-0.3, -0.25) is 19.4 Å². The van der Waals surface area contributed by atoms with Gasteiger partial charge in [0.25, 0.3) is 5.56 Å². The second kappa shape index (κ2) is 7.81. The van der Waals surface area contributed by atoms with Crippen molar-refractivity contribution in [3.8, 4) is 0 Å². The number of aromatic nitrogens is 2. The third-order valence-corrected chi connectivity index (χ3v) is 4.36. The Labute approximate surface area is 150 Å². The van der Waals surface area contributed by atoms with Crippen LogP contribution >= 0.6 is 0 Å². The van der Waals surface area contributed by atoms with E-state index in [1.165, 1.54) is 18.3 Å². The van der Waals surface area contributed by atoms with Gasteiger partial charge in [-0.15, -0.1) is 0 Å². The van der Waals surface area contributed by atoms with E-state index < -0.39 is 18.1 Å². The average molecular weight is 356 g/mol. The largest absolute Gasteiger partial charge is 0.480 e. The summed E-state index contributed by atoms with van der Waals surface area (Å²) in [6, 6.07) is 6.57. The Morgan fingerprint density at radius 1 is 1.31 bits per heavy atom. The molecule has 0 spiro atoms. The fourth-order valence-corrected chi connectivity index (χ4v) is 3.09. The van der Waals surface area contributed by atoms with Crippen molar-refractivity contribution in [3.05, 3.63) is 53.2 Å². The van der Waals surface area contributed by atoms with E-state index in [0.717, 1.165) is 29.6 Å². The Morgan fingerprint density at radius 3 is 2.88 bits per heavy atom. The van der Waals surface area contributed by atoms with Crippen LogP contribution in [0.3, 0.4) is 0 Å². The molecule has 0 radical (unpaired) electrons. The van der Waals surface area contributed by atoms with E-state index in [-0.39, 0.29) is 11.8 Å². The van der Waals surface area contributed by atoms with Crippen LogP contribution in [-0.2, 0) is 16.1 Å². The maximum Gasteiger partial charge on any atom is 0.323 e. The molecule has 3 rings (SSSR count). The Balaban J connectivity index is 1.68. The van der Waals surface area contributed by atoms with Crippen LogP contribution < -0.4 is 15.8 Å². The molecule has 2 N–H and O–H groups in total. The third kappa shape index (κ3) is 4.27. The zero-order chi connectivity index (χ0) is 18.5. The number of carboxylic acid groups (broad SMARTS) is 1. The molecule has 0 aromatic carbocycles. The first-order chi connectivity index (χ1) is 12.5. The lowest BCUT2D eigenvalue weighted by atomic mass is 9.96. The highest BCUT2D eigenvalue weighted by molar-refractivity contribution is 5.92. The Kier molecular flexibility index (Phi) is 5.31. The van der Waals surface area contributed by atoms with E-state index in [1.807, 2.05) is 12.1 Å². The first-order valence-corrected chi connectivity index (χ1v) is 8.41. The molecular weight excluding hydrogens is 336 g/mol. The van der Waals surface area contributed by atoms with E-state index in [0.29, 0.717) is 12.2 Å². The monoisotopic (exact) mass is 356 g/mol. The van der Waals surface area contributed by atoms with Gasteiger partial charge in [-0.1, -0.05) is 0 Å². The van der Waals surface area contributed by atoms with Crippen molar-refractivity contribution in [3.63, 3.8) is 0 Å². The summed E-state index contributed by atoms with van der Waals surface area (Å²) >= 11 is 0. The summed E-state index contributed by atoms with van der Waals surface area (Å²) in [5.74, 6) is -1.45. The van der Waals surface area contributed by atoms with Gasteiger partial charge < -0.3 is 19.9 Å². The fourth-order valence-electron chi connectivity index (χ4n) is 3.09. The lowest BCUT2D eigenvalue weighted by Gasteiger charge is -2.33. The summed E-state index contributed by atoms with van der Waals surface area (Å²) in [6.45, 7) is 1.02. The van der Waals surface area contributed by atoms with Crippen LogP contribution in [0.2, 0.25) is 0 Å². The van der Waals surface area contributed by atoms with Crippen LogP contribution in [0.4, 0.5) is 11.4 Å². The number of hydrogen-bond acceptors (Lipinski definition) is 5. The van der Waals surface area contributed by atoms with Gasteiger partial charge in [-0.25, -0.2) is 0 Å². The first kappa shape index (κ1) is 17.7. The Hall–Kier alpha value is -3.16. The minimum atomic E-state index is -1.12. The predicted molar refractivity (Wildman–Crippen MR) is 96.1 cm³/mol. The van der Waals surface area contributed by atoms with Crippen LogP contribution in [0.5, 0.6) is 0 Å². The smallest absolute Gasteiger partial charge is 0.323 e. The number of carbonyl (C=O) groups excluding carboxylic acids is 1. The molecule has 1 aliphatic heterocycles. The molecule has 1 atom stereocenters. The lowest BCUT2D eigenvalue weighted by Crippen LogP contribution is -2.40. The summed E-state index contributed by atoms with van der Waals surface area (Å²) in [5, 5.41) is 11.6. The summed E-state index contributed by atoms with van der Waals surface area (Å²) in [4.78, 5) is 41.3. The molecule has 136 valence electrons. The zero-order valence-electron chi connectivity index (χ0n) is 14.2. The summed E-state index contributed by atoms with van der Waals surface area (Å²) < 4.78 is 1.06. The number of aliphatic carboxylic acids is 1. The number of carbonyl (C=O) groups is 2. The topological polar surface area (TPSA) is 105 Å². The molecule has 0 bridgehead atoms. The molecule has 1 saturated heterocycles. The van der Waals surface area contributed by atoms with Crippen LogP contribution in [0.1, 0.15) is 12.8 Å². The van der Waals surface area contributed by atoms with Crippen molar-refractivity contribution in [2.45, 2.75) is 19.4 Å². The number of rotatable bonds is 5. The number of hydrogen-bond donors (Lipinski definition) is 2. The van der Waals surface area contributed by atoms with Crippen LogP contribution in [0, 0.1) is 5.92 Å². The normalized spacial score (nSPS) is 16.9. The molecule has 2 aromatic heterocycles. The van der Waals surface area contributed by atoms with Crippen LogP contribution in [0.15, 0.2) is 47.7 Å². The highest BCUT2D eigenvalue weighted by Crippen LogP contribution is 2.23. The molecule has 0 unspecified atom stereocenters. The predicted octanol–water partition coefficient (Wildman–Crippen LogP) is 1.18. The van der Waals surface area contributed by atoms with Crippen molar-refractivity contribution in [1.29, 1.82) is 0 Å². The van der Waals surface area contributed by atoms with Gasteiger partial charge in [0.1, 0.15) is 6.54 Å². The van der Waals surface area contributed by atoms with Gasteiger partial charge in [-0.2, -0.15) is 0 Å². The van der Waals surface area contributed by atoms with E-state index in [2.05, 4.69) is 15.2 Å². The van der Waals surface area contributed by atoms with Crippen LogP contribution in [-0.4, -0.2) is 39.6 Å². The van der Waals surface area contributed by atoms with Gasteiger partial charge >= 0.3 is 5.97 Å². The second-order valence-corrected chi connectivity index (χ2v) is 6.26. The molecule has 8 heteroatoms. The molecule has 1 amide bonds. The van der Waals surface area contributed by atoms with E-state index in [4.69, 9.17) is 5.11 Å². The standard InChI is InChI=1S/C18H20N4O4/c23-16-6-5-14(11-22(16)12-17(24)25)20-18(26)13-3-2-8-21(10-13)15-4-1-7-19-9-15/h1,4-7,9,11,13H,2-3,8,10,12H2,(H,20,26)(H,24,25)/t13-/m1/s1. The fraction of sp³-hybridized carbons (Fsp3) is 0.333. The van der Waals surface area contributed by atoms with Crippen molar-refractivity contribution in [2.24, 2.45) is 5.92 Å². The van der Waals surface area contributed by atoms with Crippen molar-refractivity contribution < 1.29 is 14.7 Å². The number of piperidine rings is 1. The molecule has 3 heterocycles. The summed E-state index contributed by atoms with van der Waals surface area (Å²) in [5.41, 5.74) is 0.972. The number of amides is 1. The minimum Gasteiger partial charge on any atom is -0.480 e. The molecule has 8 nitrogen and oxygen atoms in total. The first-order valence-electron chi connectivity index (χ1n) is 8.41. The van der Waals surface area contributed by atoms with Gasteiger partial charge in [0.2, 0.25) is 5.91 Å². The van der Waals surface area contributed by atoms with E-state index in [1.54, 1.807) is 12.4 Å². The van der Waals surface area contributed by atoms with Gasteiger partial charge in [0.15, 0.2) is 0 Å². The number of carboxylic acids is 1. The molecule has 0 aliphatic carbocycles. The molecule has 2 aromatic rings. The maximum atomic E-state index is 12.6. The van der Waals surface area contributed by atoms with Crippen LogP contribution in [0.25, 0.3) is 0 Å². The number of nitrogens with zero attached hydrogens (tertiary/aromatic N) is 3. The summed E-state index contributed by atoms with van der Waals surface area (Å²) in [6.07, 6.45) is 6.52. The zero-order valence-corrected chi connectivity index (χ0v) is 14.2. The van der Waals surface area contributed by atoms with Gasteiger partial charge in [0.05, 0.1) is 23.5 Å². The molecule has 0 saturated carbocycles. The quantitative estimate of drug-likeness (QED) is 0.834. The Bertz CT molecular complexity index is 850. The number of anilines is 2. The van der Waals surface area contributed by atoms with Gasteiger partial charge in [0, 0.05) is 31.5 Å². The average Bonchev–Trinajstić information content (AvgIpc) is 2.65.